The molecule has 3 amide bonds. The Morgan fingerprint density at radius 3 is 2.12 bits per heavy atom. The van der Waals surface area contributed by atoms with Crippen LogP contribution < -0.4 is 4.72 Å². The molecule has 1 N–H and O–H groups in total. The number of sulfonamides is 1. The molecule has 18 heteroatoms. The number of hydrogen-bond donors (Lipinski definition) is 1. The fraction of sp³-hybridized carbons (Fsp3) is 0.226. The zero-order valence-corrected chi connectivity index (χ0v) is 27.1. The summed E-state index contributed by atoms with van der Waals surface area (Å²) in [6.07, 6.45) is -6.04. The van der Waals surface area contributed by atoms with Crippen molar-refractivity contribution in [2.75, 3.05) is 7.05 Å². The van der Waals surface area contributed by atoms with Crippen LogP contribution >= 0.6 is 0 Å². The van der Waals surface area contributed by atoms with Crippen LogP contribution in [0.4, 0.5) is 13.2 Å². The monoisotopic (exact) mass is 699 g/mol. The summed E-state index contributed by atoms with van der Waals surface area (Å²) in [6.45, 7) is 4.33. The van der Waals surface area contributed by atoms with E-state index >= 15 is 0 Å². The molecule has 1 aromatic heterocycles. The molecule has 1 aliphatic rings. The number of hydrazine groups is 1. The smallest absolute Gasteiger partial charge is 0.435 e. The lowest BCUT2D eigenvalue weighted by molar-refractivity contribution is -0.710. The van der Waals surface area contributed by atoms with Crippen molar-refractivity contribution in [2.45, 2.75) is 44.1 Å². The van der Waals surface area contributed by atoms with E-state index in [0.29, 0.717) is 10.6 Å². The fourth-order valence-electron chi connectivity index (χ4n) is 4.76. The SMILES string of the molecule is Cc1ccc(-c2cc(C(F)(F)F)nn2-c2ccc(S(=O)(=O)NC(=O)[C@H](C)N(C)[N+]([O-])=NOC(C)N3C(=O)c4ccccc4C3=O)cc2)cc1. The van der Waals surface area contributed by atoms with E-state index in [1.807, 2.05) is 11.6 Å². The number of carbonyl (C=O) groups is 3. The van der Waals surface area contributed by atoms with Crippen LogP contribution in [0.3, 0.4) is 0 Å². The van der Waals surface area contributed by atoms with E-state index in [4.69, 9.17) is 4.84 Å². The lowest BCUT2D eigenvalue weighted by Crippen LogP contribution is -2.47. The normalized spacial score (nSPS) is 14.8. The number of aromatic nitrogens is 2. The minimum atomic E-state index is -4.74. The molecule has 14 nitrogen and oxygen atoms in total. The number of likely N-dealkylation sites (N-methyl/N-ethyl adjacent to an activating group) is 1. The number of imide groups is 1. The first-order valence-corrected chi connectivity index (χ1v) is 15.9. The van der Waals surface area contributed by atoms with Gasteiger partial charge in [-0.3, -0.25) is 14.4 Å². The Hall–Kier alpha value is -5.78. The summed E-state index contributed by atoms with van der Waals surface area (Å²) >= 11 is 0. The molecule has 0 saturated carbocycles. The summed E-state index contributed by atoms with van der Waals surface area (Å²) in [7, 11) is -3.41. The Labute approximate surface area is 277 Å². The molecule has 0 bridgehead atoms. The Morgan fingerprint density at radius 2 is 1.57 bits per heavy atom. The Morgan fingerprint density at radius 1 is 1.00 bits per heavy atom. The van der Waals surface area contributed by atoms with Crippen molar-refractivity contribution in [2.24, 2.45) is 5.28 Å². The van der Waals surface area contributed by atoms with Gasteiger partial charge in [-0.05, 0) is 63.2 Å². The summed E-state index contributed by atoms with van der Waals surface area (Å²) in [5.41, 5.74) is 0.730. The second-order valence-electron chi connectivity index (χ2n) is 11.0. The predicted molar refractivity (Wildman–Crippen MR) is 165 cm³/mol. The molecular formula is C31H28F3N7O7S. The van der Waals surface area contributed by atoms with E-state index < -0.39 is 56.8 Å². The van der Waals surface area contributed by atoms with Crippen LogP contribution in [-0.2, 0) is 25.8 Å². The molecule has 49 heavy (non-hydrogen) atoms. The molecule has 0 spiro atoms. The number of halogens is 3. The van der Waals surface area contributed by atoms with E-state index in [1.165, 1.54) is 38.1 Å². The van der Waals surface area contributed by atoms with Crippen molar-refractivity contribution in [3.8, 4) is 16.9 Å². The van der Waals surface area contributed by atoms with Gasteiger partial charge in [0.05, 0.1) is 39.4 Å². The number of fused-ring (bicyclic) bond motifs is 1. The minimum absolute atomic E-state index is 0.114. The highest BCUT2D eigenvalue weighted by Gasteiger charge is 2.40. The number of alkyl halides is 3. The lowest BCUT2D eigenvalue weighted by atomic mass is 10.1. The van der Waals surface area contributed by atoms with Crippen LogP contribution in [0.2, 0.25) is 0 Å². The molecule has 4 aromatic rings. The molecule has 2 heterocycles. The van der Waals surface area contributed by atoms with E-state index in [9.17, 15) is 41.2 Å². The topological polar surface area (TPSA) is 169 Å². The summed E-state index contributed by atoms with van der Waals surface area (Å²) < 4.78 is 69.6. The van der Waals surface area contributed by atoms with Gasteiger partial charge >= 0.3 is 6.18 Å². The highest BCUT2D eigenvalue weighted by atomic mass is 32.2. The van der Waals surface area contributed by atoms with Crippen LogP contribution in [0.25, 0.3) is 16.9 Å². The lowest BCUT2D eigenvalue weighted by Gasteiger charge is -2.21. The Kier molecular flexibility index (Phi) is 9.18. The van der Waals surface area contributed by atoms with Crippen LogP contribution in [0.15, 0.2) is 89.0 Å². The first kappa shape index (κ1) is 34.6. The largest absolute Gasteiger partial charge is 0.569 e. The van der Waals surface area contributed by atoms with Crippen molar-refractivity contribution in [3.05, 3.63) is 106 Å². The van der Waals surface area contributed by atoms with Crippen LogP contribution in [-0.4, -0.2) is 70.1 Å². The van der Waals surface area contributed by atoms with E-state index in [0.717, 1.165) is 40.4 Å². The van der Waals surface area contributed by atoms with Gasteiger partial charge in [0, 0.05) is 5.56 Å². The van der Waals surface area contributed by atoms with Gasteiger partial charge in [0.15, 0.2) is 11.7 Å². The van der Waals surface area contributed by atoms with Crippen LogP contribution in [0.1, 0.15) is 45.8 Å². The zero-order valence-electron chi connectivity index (χ0n) is 26.2. The third-order valence-electron chi connectivity index (χ3n) is 7.64. The number of nitrogens with zero attached hydrogens (tertiary/aromatic N) is 6. The van der Waals surface area contributed by atoms with Crippen LogP contribution in [0.5, 0.6) is 0 Å². The van der Waals surface area contributed by atoms with Gasteiger partial charge in [-0.2, -0.15) is 18.3 Å². The quantitative estimate of drug-likeness (QED) is 0.109. The summed E-state index contributed by atoms with van der Waals surface area (Å²) in [6, 6.07) is 16.9. The number of aryl methyl sites for hydroxylation is 1. The molecule has 0 fully saturated rings. The third-order valence-corrected chi connectivity index (χ3v) is 9.00. The standard InChI is InChI=1S/C31H28F3N7O7S/c1-18-9-11-21(12-10-18)26-17-27(31(32,33)34)35-40(26)22-13-15-23(16-14-22)49(46,47)36-28(42)19(2)38(4)41(45)37-48-20(3)39-29(43)24-7-5-6-8-25(24)30(39)44/h5-17,19-20H,1-4H3,(H,36,42)/t19-,20?/m0/s1. The molecular weight excluding hydrogens is 671 g/mol. The molecule has 3 aromatic carbocycles. The van der Waals surface area contributed by atoms with Crippen molar-refractivity contribution in [1.29, 1.82) is 0 Å². The third kappa shape index (κ3) is 6.94. The summed E-state index contributed by atoms with van der Waals surface area (Å²) in [5, 5.41) is 20.2. The van der Waals surface area contributed by atoms with Gasteiger partial charge in [-0.25, -0.2) is 22.7 Å². The van der Waals surface area contributed by atoms with E-state index in [1.54, 1.807) is 36.4 Å². The molecule has 0 aliphatic carbocycles. The highest BCUT2D eigenvalue weighted by Crippen LogP contribution is 2.33. The van der Waals surface area contributed by atoms with Gasteiger partial charge in [0.2, 0.25) is 11.5 Å². The molecule has 0 saturated heterocycles. The fourth-order valence-corrected chi connectivity index (χ4v) is 5.81. The Balaban J connectivity index is 1.26. The number of nitrogens with one attached hydrogen (secondary N) is 1. The van der Waals surface area contributed by atoms with Gasteiger partial charge in [-0.1, -0.05) is 42.0 Å². The zero-order chi connectivity index (χ0) is 35.8. The van der Waals surface area contributed by atoms with E-state index in [-0.39, 0.29) is 27.5 Å². The van der Waals surface area contributed by atoms with Crippen molar-refractivity contribution < 1.29 is 45.8 Å². The average molecular weight is 700 g/mol. The second-order valence-corrected chi connectivity index (χ2v) is 12.7. The number of benzene rings is 3. The number of rotatable bonds is 10. The first-order chi connectivity index (χ1) is 23.0. The average Bonchev–Trinajstić information content (AvgIpc) is 3.63. The Bertz CT molecular complexity index is 2030. The number of hydrogen-bond acceptors (Lipinski definition) is 9. The summed E-state index contributed by atoms with van der Waals surface area (Å²) in [5.74, 6) is -2.44. The van der Waals surface area contributed by atoms with Crippen molar-refractivity contribution in [3.63, 3.8) is 0 Å². The molecule has 2 atom stereocenters. The molecule has 5 rings (SSSR count). The molecule has 256 valence electrons. The van der Waals surface area contributed by atoms with Crippen molar-refractivity contribution in [1.82, 2.24) is 24.4 Å². The summed E-state index contributed by atoms with van der Waals surface area (Å²) in [4.78, 5) is 43.3. The molecule has 1 aliphatic heterocycles. The van der Waals surface area contributed by atoms with Gasteiger partial charge < -0.3 is 10.0 Å². The maximum absolute atomic E-state index is 13.5. The maximum Gasteiger partial charge on any atom is 0.435 e. The number of carbonyl (C=O) groups excluding carboxylic acids is 3. The molecule has 1 unspecified atom stereocenters. The highest BCUT2D eigenvalue weighted by molar-refractivity contribution is 7.90. The van der Waals surface area contributed by atoms with Gasteiger partial charge in [0.1, 0.15) is 0 Å². The minimum Gasteiger partial charge on any atom is -0.569 e. The van der Waals surface area contributed by atoms with Crippen LogP contribution in [0, 0.1) is 12.1 Å². The van der Waals surface area contributed by atoms with E-state index in [2.05, 4.69) is 10.4 Å². The maximum atomic E-state index is 13.5. The first-order valence-electron chi connectivity index (χ1n) is 14.4. The second kappa shape index (κ2) is 13.0. The molecule has 0 radical (unpaired) electrons. The van der Waals surface area contributed by atoms with Gasteiger partial charge in [-0.15, -0.1) is 5.01 Å². The predicted octanol–water partition coefficient (Wildman–Crippen LogP) is 4.44. The number of amides is 3. The van der Waals surface area contributed by atoms with Gasteiger partial charge in [0.25, 0.3) is 27.7 Å². The van der Waals surface area contributed by atoms with Crippen molar-refractivity contribution >= 4 is 27.7 Å².